The molecule has 2 nitrogen and oxygen atoms in total. The van der Waals surface area contributed by atoms with E-state index in [9.17, 15) is 0 Å². The van der Waals surface area contributed by atoms with E-state index >= 15 is 0 Å². The van der Waals surface area contributed by atoms with Crippen LogP contribution in [0.2, 0.25) is 0 Å². The number of thiazole rings is 1. The minimum atomic E-state index is 0.914. The molecule has 0 saturated heterocycles. The van der Waals surface area contributed by atoms with Gasteiger partial charge in [0.15, 0.2) is 0 Å². The molecule has 0 unspecified atom stereocenters. The first-order valence-corrected chi connectivity index (χ1v) is 4.44. The van der Waals surface area contributed by atoms with Gasteiger partial charge >= 0.3 is 0 Å². The minimum Gasteiger partial charge on any atom is -0.316 e. The maximum atomic E-state index is 4.14. The zero-order valence-corrected chi connectivity index (χ0v) is 7.61. The third kappa shape index (κ3) is 2.44. The largest absolute Gasteiger partial charge is 0.316 e. The molecular formula is C8H12N2S. The van der Waals surface area contributed by atoms with Crippen molar-refractivity contribution in [1.29, 1.82) is 0 Å². The fraction of sp³-hybridized carbons (Fsp3) is 0.375. The Kier molecular flexibility index (Phi) is 3.26. The van der Waals surface area contributed by atoms with Crippen LogP contribution in [0.15, 0.2) is 11.6 Å². The van der Waals surface area contributed by atoms with Crippen LogP contribution in [0.25, 0.3) is 6.08 Å². The van der Waals surface area contributed by atoms with Crippen LogP contribution in [0, 0.1) is 6.92 Å². The van der Waals surface area contributed by atoms with E-state index < -0.39 is 0 Å². The number of likely N-dealkylation sites (N-methyl/N-ethyl adjacent to an activating group) is 1. The van der Waals surface area contributed by atoms with E-state index in [4.69, 9.17) is 0 Å². The molecule has 0 atom stereocenters. The second-order valence-electron chi connectivity index (χ2n) is 2.26. The molecule has 1 heterocycles. The first-order chi connectivity index (χ1) is 5.34. The van der Waals surface area contributed by atoms with E-state index in [2.05, 4.69) is 22.5 Å². The minimum absolute atomic E-state index is 0.914. The van der Waals surface area contributed by atoms with Crippen molar-refractivity contribution in [3.63, 3.8) is 0 Å². The zero-order valence-electron chi connectivity index (χ0n) is 6.79. The summed E-state index contributed by atoms with van der Waals surface area (Å²) >= 11 is 1.67. The number of nitrogens with one attached hydrogen (secondary N) is 1. The summed E-state index contributed by atoms with van der Waals surface area (Å²) in [5.41, 5.74) is 2.98. The van der Waals surface area contributed by atoms with E-state index in [0.29, 0.717) is 0 Å². The van der Waals surface area contributed by atoms with Crippen molar-refractivity contribution < 1.29 is 0 Å². The Morgan fingerprint density at radius 3 is 3.09 bits per heavy atom. The van der Waals surface area contributed by atoms with Crippen molar-refractivity contribution in [2.45, 2.75) is 6.92 Å². The molecule has 0 saturated carbocycles. The highest BCUT2D eigenvalue weighted by atomic mass is 32.1. The molecule has 1 rings (SSSR count). The third-order valence-electron chi connectivity index (χ3n) is 1.37. The Morgan fingerprint density at radius 1 is 1.73 bits per heavy atom. The van der Waals surface area contributed by atoms with Gasteiger partial charge in [0.25, 0.3) is 0 Å². The van der Waals surface area contributed by atoms with Crippen LogP contribution in [-0.2, 0) is 0 Å². The molecule has 0 radical (unpaired) electrons. The highest BCUT2D eigenvalue weighted by molar-refractivity contribution is 7.10. The van der Waals surface area contributed by atoms with E-state index in [0.717, 1.165) is 12.2 Å². The average molecular weight is 168 g/mol. The Morgan fingerprint density at radius 2 is 2.55 bits per heavy atom. The van der Waals surface area contributed by atoms with Crippen LogP contribution >= 0.6 is 11.3 Å². The fourth-order valence-corrected chi connectivity index (χ4v) is 1.48. The molecule has 60 valence electrons. The van der Waals surface area contributed by atoms with Gasteiger partial charge in [-0.1, -0.05) is 6.08 Å². The summed E-state index contributed by atoms with van der Waals surface area (Å²) in [6, 6.07) is 0. The lowest BCUT2D eigenvalue weighted by molar-refractivity contribution is 0.922. The summed E-state index contributed by atoms with van der Waals surface area (Å²) in [5, 5.41) is 3.05. The summed E-state index contributed by atoms with van der Waals surface area (Å²) in [4.78, 5) is 5.39. The van der Waals surface area contributed by atoms with E-state index in [1.54, 1.807) is 11.3 Å². The van der Waals surface area contributed by atoms with Gasteiger partial charge in [0.2, 0.25) is 0 Å². The van der Waals surface area contributed by atoms with Gasteiger partial charge in [0, 0.05) is 11.4 Å². The highest BCUT2D eigenvalue weighted by Crippen LogP contribution is 2.13. The monoisotopic (exact) mass is 168 g/mol. The quantitative estimate of drug-likeness (QED) is 0.743. The molecule has 0 amide bonds. The lowest BCUT2D eigenvalue weighted by Gasteiger charge is -1.88. The maximum Gasteiger partial charge on any atom is 0.0801 e. The molecule has 0 aliphatic rings. The number of aryl methyl sites for hydroxylation is 1. The highest BCUT2D eigenvalue weighted by Gasteiger charge is 1.93. The molecule has 0 aliphatic carbocycles. The van der Waals surface area contributed by atoms with Crippen molar-refractivity contribution >= 4 is 17.4 Å². The van der Waals surface area contributed by atoms with Gasteiger partial charge in [-0.25, -0.2) is 4.98 Å². The van der Waals surface area contributed by atoms with Gasteiger partial charge in [-0.05, 0) is 20.0 Å². The lowest BCUT2D eigenvalue weighted by atomic mass is 10.3. The maximum absolute atomic E-state index is 4.14. The number of hydrogen-bond donors (Lipinski definition) is 1. The van der Waals surface area contributed by atoms with E-state index in [1.165, 1.54) is 4.88 Å². The predicted octanol–water partition coefficient (Wildman–Crippen LogP) is 1.68. The summed E-state index contributed by atoms with van der Waals surface area (Å²) in [6.45, 7) is 2.94. The zero-order chi connectivity index (χ0) is 8.10. The smallest absolute Gasteiger partial charge is 0.0801 e. The van der Waals surface area contributed by atoms with Crippen LogP contribution in [0.1, 0.15) is 10.6 Å². The van der Waals surface area contributed by atoms with Crippen molar-refractivity contribution in [3.05, 3.63) is 22.2 Å². The average Bonchev–Trinajstić information content (AvgIpc) is 2.37. The molecule has 1 aromatic rings. The summed E-state index contributed by atoms with van der Waals surface area (Å²) in [6.07, 6.45) is 4.20. The van der Waals surface area contributed by atoms with Gasteiger partial charge in [-0.2, -0.15) is 0 Å². The summed E-state index contributed by atoms with van der Waals surface area (Å²) in [7, 11) is 1.93. The molecule has 0 bridgehead atoms. The van der Waals surface area contributed by atoms with Crippen LogP contribution in [0.5, 0.6) is 0 Å². The second kappa shape index (κ2) is 4.26. The van der Waals surface area contributed by atoms with Gasteiger partial charge in [0.1, 0.15) is 0 Å². The first-order valence-electron chi connectivity index (χ1n) is 3.56. The number of aromatic nitrogens is 1. The molecule has 0 fully saturated rings. The molecule has 11 heavy (non-hydrogen) atoms. The summed E-state index contributed by atoms with van der Waals surface area (Å²) < 4.78 is 0. The Labute approximate surface area is 71.0 Å². The standard InChI is InChI=1S/C8H12N2S/c1-7-8(11-6-10-7)4-3-5-9-2/h3-4,6,9H,5H2,1-2H3. The van der Waals surface area contributed by atoms with E-state index in [-0.39, 0.29) is 0 Å². The molecule has 0 aromatic carbocycles. The Hall–Kier alpha value is -0.670. The molecule has 1 aromatic heterocycles. The molecule has 0 spiro atoms. The van der Waals surface area contributed by atoms with Gasteiger partial charge in [-0.15, -0.1) is 11.3 Å². The molecular weight excluding hydrogens is 156 g/mol. The SMILES string of the molecule is CNCC=Cc1scnc1C. The van der Waals surface area contributed by atoms with Crippen LogP contribution < -0.4 is 5.32 Å². The Bertz CT molecular complexity index is 240. The number of nitrogens with zero attached hydrogens (tertiary/aromatic N) is 1. The fourth-order valence-electron chi connectivity index (χ4n) is 0.755. The Balaban J connectivity index is 2.56. The van der Waals surface area contributed by atoms with Gasteiger partial charge < -0.3 is 5.32 Å². The van der Waals surface area contributed by atoms with Crippen LogP contribution in [0.3, 0.4) is 0 Å². The van der Waals surface area contributed by atoms with Gasteiger partial charge in [0.05, 0.1) is 11.2 Å². The summed E-state index contributed by atoms with van der Waals surface area (Å²) in [5.74, 6) is 0. The van der Waals surface area contributed by atoms with Crippen molar-refractivity contribution in [3.8, 4) is 0 Å². The van der Waals surface area contributed by atoms with E-state index in [1.807, 2.05) is 19.5 Å². The third-order valence-corrected chi connectivity index (χ3v) is 2.27. The van der Waals surface area contributed by atoms with Crippen molar-refractivity contribution in [1.82, 2.24) is 10.3 Å². The van der Waals surface area contributed by atoms with Crippen LogP contribution in [-0.4, -0.2) is 18.6 Å². The number of hydrogen-bond acceptors (Lipinski definition) is 3. The molecule has 3 heteroatoms. The lowest BCUT2D eigenvalue weighted by Crippen LogP contribution is -2.03. The first kappa shape index (κ1) is 8.43. The van der Waals surface area contributed by atoms with Crippen molar-refractivity contribution in [2.24, 2.45) is 0 Å². The normalized spacial score (nSPS) is 11.1. The molecule has 0 aliphatic heterocycles. The van der Waals surface area contributed by atoms with Gasteiger partial charge in [-0.3, -0.25) is 0 Å². The topological polar surface area (TPSA) is 24.9 Å². The molecule has 1 N–H and O–H groups in total. The second-order valence-corrected chi connectivity index (χ2v) is 3.15. The van der Waals surface area contributed by atoms with Crippen LogP contribution in [0.4, 0.5) is 0 Å². The van der Waals surface area contributed by atoms with Crippen molar-refractivity contribution in [2.75, 3.05) is 13.6 Å². The predicted molar refractivity (Wildman–Crippen MR) is 49.8 cm³/mol. The number of rotatable bonds is 3.